The minimum atomic E-state index is -5.39. The van der Waals surface area contributed by atoms with Crippen LogP contribution in [0, 0.1) is 0 Å². The third-order valence-corrected chi connectivity index (χ3v) is 0. The minimum Gasteiger partial charge on any atom is -1.00 e. The number of hydrogen-bond donors (Lipinski definition) is 2. The molecule has 16 heteroatoms. The Morgan fingerprint density at radius 2 is 0.895 bits per heavy atom. The van der Waals surface area contributed by atoms with Crippen molar-refractivity contribution in [3.63, 3.8) is 0 Å². The van der Waals surface area contributed by atoms with E-state index in [1.807, 2.05) is 0 Å². The predicted molar refractivity (Wildman–Crippen MR) is 28.9 cm³/mol. The van der Waals surface area contributed by atoms with E-state index in [2.05, 4.69) is 0 Å². The maximum absolute atomic E-state index is 9.00. The van der Waals surface area contributed by atoms with E-state index in [0.29, 0.717) is 0 Å². The van der Waals surface area contributed by atoms with Crippen LogP contribution in [0.5, 0.6) is 0 Å². The molecule has 0 aromatic heterocycles. The molecule has 0 aliphatic rings. The monoisotopic (exact) mass is 366 g/mol. The van der Waals surface area contributed by atoms with Crippen LogP contribution in [0.1, 0.15) is 6.92 Å². The van der Waals surface area contributed by atoms with Gasteiger partial charge in [-0.25, -0.2) is 0 Å². The molecule has 0 heterocycles. The quantitative estimate of drug-likeness (QED) is 0.310. The van der Waals surface area contributed by atoms with Gasteiger partial charge in [0.1, 0.15) is 0 Å². The van der Waals surface area contributed by atoms with Gasteiger partial charge in [-0.3, -0.25) is 4.79 Å². The molecule has 0 aromatic carbocycles. The van der Waals surface area contributed by atoms with Crippen LogP contribution in [0.3, 0.4) is 0 Å². The summed E-state index contributed by atoms with van der Waals surface area (Å²) in [5.74, 6) is -0.833. The Hall–Kier alpha value is 4.14. The second kappa shape index (κ2) is 38.0. The smallest absolute Gasteiger partial charge is 1.00 e. The van der Waals surface area contributed by atoms with Gasteiger partial charge in [0, 0.05) is 6.92 Å². The Kier molecular flexibility index (Phi) is 113. The Morgan fingerprint density at radius 1 is 0.895 bits per heavy atom. The Balaban J connectivity index is -0.00000000980. The molecule has 0 amide bonds. The molecule has 9 nitrogen and oxygen atoms in total. The van der Waals surface area contributed by atoms with Gasteiger partial charge in [0.15, 0.2) is 0 Å². The zero-order valence-electron chi connectivity index (χ0n) is 11.6. The average Bonchev–Trinajstić information content (AvgIpc) is 1.50. The number of rotatable bonds is 0. The van der Waals surface area contributed by atoms with Crippen LogP contribution in [-0.2, 0) is 9.36 Å². The SMILES string of the molecule is CC(=O)O.O=C([O-])O.O=P([O-])([O-])[O-].[Cl-].[Na+].[Na+].[Na+].[Na+].[Na+]. The first-order chi connectivity index (χ1) is 5.46. The van der Waals surface area contributed by atoms with Crippen LogP contribution < -0.4 is 180 Å². The van der Waals surface area contributed by atoms with Crippen molar-refractivity contribution >= 4 is 19.9 Å². The summed E-state index contributed by atoms with van der Waals surface area (Å²) in [5.41, 5.74) is 0. The van der Waals surface area contributed by atoms with E-state index in [-0.39, 0.29) is 160 Å². The topological polar surface area (TPSA) is 184 Å². The summed E-state index contributed by atoms with van der Waals surface area (Å²) >= 11 is 0. The predicted octanol–water partition coefficient (Wildman–Crippen LogP) is -21.8. The molecule has 0 aromatic rings. The Morgan fingerprint density at radius 3 is 0.895 bits per heavy atom. The summed E-state index contributed by atoms with van der Waals surface area (Å²) in [7, 11) is -5.39. The van der Waals surface area contributed by atoms with Crippen molar-refractivity contribution in [2.75, 3.05) is 0 Å². The summed E-state index contributed by atoms with van der Waals surface area (Å²) < 4.78 is 8.55. The van der Waals surface area contributed by atoms with Gasteiger partial charge in [-0.15, -0.1) is 0 Å². The summed E-state index contributed by atoms with van der Waals surface area (Å²) in [6.45, 7) is 1.08. The summed E-state index contributed by atoms with van der Waals surface area (Å²) in [6.07, 6.45) is -2.08. The van der Waals surface area contributed by atoms with Gasteiger partial charge >= 0.3 is 148 Å². The fourth-order valence-electron chi connectivity index (χ4n) is 0. The van der Waals surface area contributed by atoms with Crippen molar-refractivity contribution in [2.45, 2.75) is 6.92 Å². The molecule has 0 bridgehead atoms. The van der Waals surface area contributed by atoms with Crippen molar-refractivity contribution < 1.29 is 204 Å². The van der Waals surface area contributed by atoms with Crippen molar-refractivity contribution in [3.8, 4) is 0 Å². The van der Waals surface area contributed by atoms with Gasteiger partial charge in [0.2, 0.25) is 6.16 Å². The van der Waals surface area contributed by atoms with Crippen LogP contribution in [0.15, 0.2) is 0 Å². The molecule has 0 saturated carbocycles. The van der Waals surface area contributed by atoms with Crippen LogP contribution in [0.2, 0.25) is 0 Å². The largest absolute Gasteiger partial charge is 1.00 e. The maximum atomic E-state index is 9.00. The van der Waals surface area contributed by atoms with Gasteiger partial charge in [-0.1, -0.05) is 0 Å². The van der Waals surface area contributed by atoms with E-state index in [0.717, 1.165) is 6.92 Å². The molecule has 0 rings (SSSR count). The second-order valence-corrected chi connectivity index (χ2v) is 2.13. The standard InChI is InChI=1S/C2H4O2.CH2O3.ClH.5Na.H3O4P/c1-2(3)4;2-1(3)4;;;;;;;1-5(2,3)4/h1H3,(H,3,4);(H2,2,3,4);1H;;;;;;(H3,1,2,3,4)/q;;;5*+1;/p-5. The molecule has 0 radical (unpaired) electrons. The number of aliphatic carboxylic acids is 1. The van der Waals surface area contributed by atoms with Crippen LogP contribution in [0.25, 0.3) is 0 Å². The van der Waals surface area contributed by atoms with E-state index in [1.165, 1.54) is 0 Å². The van der Waals surface area contributed by atoms with Crippen LogP contribution in [-0.4, -0.2) is 22.3 Å². The Labute approximate surface area is 226 Å². The Bertz CT molecular complexity index is 184. The maximum Gasteiger partial charge on any atom is 1.00 e. The normalized spacial score (nSPS) is 5.68. The summed E-state index contributed by atoms with van der Waals surface area (Å²) in [4.78, 5) is 43.1. The minimum absolute atomic E-state index is 0. The van der Waals surface area contributed by atoms with E-state index in [4.69, 9.17) is 44.2 Å². The third kappa shape index (κ3) is 524. The molecule has 88 valence electrons. The second-order valence-electron chi connectivity index (χ2n) is 1.23. The summed E-state index contributed by atoms with van der Waals surface area (Å²) in [5, 5.41) is 22.7. The molecule has 0 atom stereocenters. The first-order valence-corrected chi connectivity index (χ1v) is 3.75. The molecule has 19 heavy (non-hydrogen) atoms. The molecule has 0 saturated heterocycles. The number of phosphoric acid groups is 1. The number of halogens is 1. The average molecular weight is 366 g/mol. The van der Waals surface area contributed by atoms with E-state index < -0.39 is 19.9 Å². The molecule has 0 fully saturated rings. The van der Waals surface area contributed by atoms with Crippen molar-refractivity contribution in [1.29, 1.82) is 0 Å². The molecule has 2 N–H and O–H groups in total. The molecule has 0 unspecified atom stereocenters. The van der Waals surface area contributed by atoms with E-state index in [1.54, 1.807) is 0 Å². The fraction of sp³-hybridized carbons (Fsp3) is 0.333. The first kappa shape index (κ1) is 56.7. The molecular formula is C3H5ClNa5O9P. The molecule has 0 spiro atoms. The van der Waals surface area contributed by atoms with Crippen molar-refractivity contribution in [1.82, 2.24) is 0 Å². The van der Waals surface area contributed by atoms with E-state index in [9.17, 15) is 0 Å². The van der Waals surface area contributed by atoms with Crippen LogP contribution in [0.4, 0.5) is 4.79 Å². The first-order valence-electron chi connectivity index (χ1n) is 2.29. The summed E-state index contributed by atoms with van der Waals surface area (Å²) in [6, 6.07) is 0. The van der Waals surface area contributed by atoms with Gasteiger partial charge in [0.05, 0.1) is 0 Å². The number of carbonyl (C=O) groups is 2. The molecule has 0 aliphatic heterocycles. The molecule has 0 aliphatic carbocycles. The van der Waals surface area contributed by atoms with Crippen LogP contribution >= 0.6 is 7.82 Å². The zero-order valence-corrected chi connectivity index (χ0v) is 23.2. The van der Waals surface area contributed by atoms with Gasteiger partial charge < -0.3 is 51.8 Å². The van der Waals surface area contributed by atoms with Gasteiger partial charge in [-0.05, 0) is 0 Å². The number of hydrogen-bond acceptors (Lipinski definition) is 7. The van der Waals surface area contributed by atoms with Crippen molar-refractivity contribution in [3.05, 3.63) is 0 Å². The van der Waals surface area contributed by atoms with Crippen molar-refractivity contribution in [2.24, 2.45) is 0 Å². The number of carboxylic acids is 1. The zero-order chi connectivity index (χ0) is 11.7. The number of carboxylic acid groups (broad SMARTS) is 3. The molecular weight excluding hydrogens is 361 g/mol. The van der Waals surface area contributed by atoms with Gasteiger partial charge in [-0.2, -0.15) is 7.82 Å². The third-order valence-electron chi connectivity index (χ3n) is 0. The van der Waals surface area contributed by atoms with E-state index >= 15 is 0 Å². The van der Waals surface area contributed by atoms with Gasteiger partial charge in [0.25, 0.3) is 5.97 Å². The fourth-order valence-corrected chi connectivity index (χ4v) is 0.